The van der Waals surface area contributed by atoms with Crippen molar-refractivity contribution >= 4 is 90.0 Å². The molecule has 0 spiro atoms. The van der Waals surface area contributed by atoms with E-state index in [1.54, 1.807) is 56.4 Å². The van der Waals surface area contributed by atoms with Gasteiger partial charge in [0.1, 0.15) is 17.8 Å². The molecule has 5 amide bonds. The first-order chi connectivity index (χ1) is 43.1. The highest BCUT2D eigenvalue weighted by molar-refractivity contribution is 7.22. The molecular weight excluding hydrogens is 1210 g/mol. The first kappa shape index (κ1) is 65.0. The van der Waals surface area contributed by atoms with Crippen molar-refractivity contribution < 1.29 is 57.2 Å². The molecule has 5 heterocycles. The molecule has 3 aromatic heterocycles. The zero-order valence-corrected chi connectivity index (χ0v) is 53.5. The molecule has 2 aliphatic heterocycles. The van der Waals surface area contributed by atoms with Gasteiger partial charge >= 0.3 is 5.97 Å². The average Bonchev–Trinajstić information content (AvgIpc) is 1.62. The minimum atomic E-state index is -2.00. The number of halogens is 2. The second kappa shape index (κ2) is 28.5. The summed E-state index contributed by atoms with van der Waals surface area (Å²) in [7, 11) is 1.75. The van der Waals surface area contributed by atoms with E-state index in [1.807, 2.05) is 66.4 Å². The number of likely N-dealkylation sites (tertiary alicyclic amines) is 1. The Labute approximate surface area is 533 Å². The highest BCUT2D eigenvalue weighted by atomic mass is 32.1. The molecule has 1 saturated carbocycles. The number of alkyl halides is 1. The number of benzene rings is 4. The fourth-order valence-electron chi connectivity index (χ4n) is 11.3. The number of para-hydroxylation sites is 2. The third-order valence-corrected chi connectivity index (χ3v) is 19.7. The Morgan fingerprint density at radius 3 is 2.44 bits per heavy atom. The van der Waals surface area contributed by atoms with Gasteiger partial charge in [0.05, 0.1) is 45.6 Å². The number of fused-ring (bicyclic) bond motifs is 2. The van der Waals surface area contributed by atoms with Gasteiger partial charge in [-0.1, -0.05) is 80.6 Å². The smallest absolute Gasteiger partial charge is 0.355 e. The number of carbonyl (C=O) groups is 6. The number of aliphatic hydroxyl groups excluding tert-OH is 1. The number of carbonyl (C=O) groups excluding carboxylic acids is 5. The van der Waals surface area contributed by atoms with Gasteiger partial charge < -0.3 is 45.0 Å². The van der Waals surface area contributed by atoms with Gasteiger partial charge in [-0.05, 0) is 129 Å². The lowest BCUT2D eigenvalue weighted by molar-refractivity contribution is -0.145. The third-order valence-electron chi connectivity index (χ3n) is 16.6. The number of thiazole rings is 3. The molecule has 10 rings (SSSR count). The number of carboxylic acid groups (broad SMARTS) is 1. The van der Waals surface area contributed by atoms with E-state index in [2.05, 4.69) is 30.9 Å². The maximum Gasteiger partial charge on any atom is 0.355 e. The number of anilines is 2. The molecule has 0 unspecified atom stereocenters. The van der Waals surface area contributed by atoms with Gasteiger partial charge in [0, 0.05) is 68.6 Å². The van der Waals surface area contributed by atoms with E-state index >= 15 is 4.39 Å². The molecule has 1 aliphatic carbocycles. The highest BCUT2D eigenvalue weighted by Gasteiger charge is 2.53. The van der Waals surface area contributed by atoms with E-state index in [0.29, 0.717) is 122 Å². The highest BCUT2D eigenvalue weighted by Crippen LogP contribution is 2.41. The minimum absolute atomic E-state index is 0.00864. The van der Waals surface area contributed by atoms with Gasteiger partial charge in [-0.25, -0.2) is 28.5 Å². The van der Waals surface area contributed by atoms with Gasteiger partial charge in [-0.3, -0.25) is 29.3 Å². The number of hydrogen-bond acceptors (Lipinski definition) is 16. The van der Waals surface area contributed by atoms with E-state index in [9.17, 15) is 43.4 Å². The van der Waals surface area contributed by atoms with Crippen molar-refractivity contribution in [3.63, 3.8) is 0 Å². The first-order valence-corrected chi connectivity index (χ1v) is 33.0. The Bertz CT molecular complexity index is 3750. The Morgan fingerprint density at radius 1 is 0.900 bits per heavy atom. The Balaban J connectivity index is 0.666. The largest absolute Gasteiger partial charge is 0.493 e. The molecule has 4 aromatic carbocycles. The summed E-state index contributed by atoms with van der Waals surface area (Å²) < 4.78 is 43.5. The molecule has 1 saturated heterocycles. The molecule has 3 aliphatic rings. The van der Waals surface area contributed by atoms with E-state index in [1.165, 1.54) is 45.0 Å². The molecule has 90 heavy (non-hydrogen) atoms. The lowest BCUT2D eigenvalue weighted by atomic mass is 9.85. The number of aromatic nitrogens is 3. The van der Waals surface area contributed by atoms with Crippen molar-refractivity contribution in [1.82, 2.24) is 35.4 Å². The van der Waals surface area contributed by atoms with Crippen LogP contribution in [-0.4, -0.2) is 134 Å². The summed E-state index contributed by atoms with van der Waals surface area (Å²) in [5.74, 6) is -3.20. The first-order valence-electron chi connectivity index (χ1n) is 30.5. The van der Waals surface area contributed by atoms with Gasteiger partial charge in [-0.2, -0.15) is 0 Å². The van der Waals surface area contributed by atoms with Crippen LogP contribution in [-0.2, 0) is 51.5 Å². The van der Waals surface area contributed by atoms with Crippen LogP contribution in [0.3, 0.4) is 0 Å². The second-order valence-corrected chi connectivity index (χ2v) is 27.3. The van der Waals surface area contributed by atoms with E-state index < -0.39 is 58.8 Å². The molecule has 0 radical (unpaired) electrons. The van der Waals surface area contributed by atoms with Gasteiger partial charge in [-0.15, -0.1) is 22.7 Å². The number of unbranched alkanes of at least 4 members (excludes halogenated alkanes) is 2. The van der Waals surface area contributed by atoms with Crippen LogP contribution in [0.25, 0.3) is 20.7 Å². The number of aryl methyl sites for hydroxylation is 3. The lowest BCUT2D eigenvalue weighted by Gasteiger charge is -2.35. The van der Waals surface area contributed by atoms with Crippen LogP contribution in [0.5, 0.6) is 11.5 Å². The molecule has 0 bridgehead atoms. The van der Waals surface area contributed by atoms with Crippen molar-refractivity contribution in [3.05, 3.63) is 134 Å². The number of amides is 5. The lowest BCUT2D eigenvalue weighted by Crippen LogP contribution is -2.59. The summed E-state index contributed by atoms with van der Waals surface area (Å²) in [4.78, 5) is 100. The Kier molecular flexibility index (Phi) is 20.6. The van der Waals surface area contributed by atoms with E-state index in [0.717, 1.165) is 37.5 Å². The fraction of sp³-hybridized carbons (Fsp3) is 0.439. The number of rotatable bonds is 27. The number of nitrogens with one attached hydrogen (secondary N) is 3. The predicted octanol–water partition coefficient (Wildman–Crippen LogP) is 10.5. The van der Waals surface area contributed by atoms with Gasteiger partial charge in [0.25, 0.3) is 11.8 Å². The maximum absolute atomic E-state index is 15.4. The van der Waals surface area contributed by atoms with Crippen molar-refractivity contribution in [2.45, 2.75) is 142 Å². The van der Waals surface area contributed by atoms with Crippen LogP contribution < -0.4 is 30.3 Å². The van der Waals surface area contributed by atoms with Gasteiger partial charge in [0.2, 0.25) is 17.7 Å². The monoisotopic (exact) mass is 1290 g/mol. The molecule has 2 fully saturated rings. The Morgan fingerprint density at radius 2 is 1.69 bits per heavy atom. The van der Waals surface area contributed by atoms with Crippen molar-refractivity contribution in [1.29, 1.82) is 0 Å². The zero-order chi connectivity index (χ0) is 63.9. The Hall–Kier alpha value is -7.93. The van der Waals surface area contributed by atoms with Crippen molar-refractivity contribution in [2.75, 3.05) is 50.1 Å². The number of carboxylic acids is 1. The summed E-state index contributed by atoms with van der Waals surface area (Å²) in [6.45, 7) is 8.94. The third kappa shape index (κ3) is 15.6. The van der Waals surface area contributed by atoms with E-state index in [4.69, 9.17) is 9.47 Å². The number of aliphatic hydroxyl groups is 1. The molecule has 24 heteroatoms. The normalized spacial score (nSPS) is 16.3. The van der Waals surface area contributed by atoms with Crippen LogP contribution >= 0.6 is 34.0 Å². The molecule has 19 nitrogen and oxygen atoms in total. The van der Waals surface area contributed by atoms with Crippen LogP contribution in [0, 0.1) is 18.2 Å². The summed E-state index contributed by atoms with van der Waals surface area (Å²) in [6, 6.07) is 21.6. The topological polar surface area (TPSA) is 246 Å². The van der Waals surface area contributed by atoms with Crippen LogP contribution in [0.4, 0.5) is 19.0 Å². The molecule has 7 aromatic rings. The SMILES string of the molecule is Cc1ncsc1-c1ccc(CNC(=O)[C@@H]2C[C@@H](O)CN2C(=O)[C@@H](NC(=O)C2(F)CC2)C(C)(C)C)c(OCCCCCC(=O)N(C)CCCc2cccc(F)c2OCCCc2sc(N3CCc4cccc(C(=O)Nc5nc6ccccc6s5)c4C3)nc2C(=O)O)c1. The minimum Gasteiger partial charge on any atom is -0.493 e. The second-order valence-electron chi connectivity index (χ2n) is 24.3. The molecule has 3 atom stereocenters. The van der Waals surface area contributed by atoms with Gasteiger partial charge in [0.15, 0.2) is 33.2 Å². The summed E-state index contributed by atoms with van der Waals surface area (Å²) in [6.07, 6.45) is 3.83. The van der Waals surface area contributed by atoms with Crippen molar-refractivity contribution in [3.8, 4) is 21.9 Å². The zero-order valence-electron chi connectivity index (χ0n) is 51.1. The maximum atomic E-state index is 15.4. The number of ether oxygens (including phenoxy) is 2. The summed E-state index contributed by atoms with van der Waals surface area (Å²) >= 11 is 4.19. The van der Waals surface area contributed by atoms with Crippen LogP contribution in [0.15, 0.2) is 84.4 Å². The van der Waals surface area contributed by atoms with Crippen LogP contribution in [0.2, 0.25) is 0 Å². The number of hydrogen-bond donors (Lipinski definition) is 5. The average molecular weight is 1290 g/mol. The molecule has 5 N–H and O–H groups in total. The van der Waals surface area contributed by atoms with Crippen LogP contribution in [0.1, 0.15) is 132 Å². The standard InChI is InChI=1S/C66H75F2N9O10S3/c1-39-56(88-38-70-39)42-24-25-43(35-69-59(81)49-34-44(78)36-77(49)60(82)57(65(2,3)4)73-62(85)66(68)27-28-66)50(33-42)86-31-10-6-7-23-53(79)75(5)29-13-17-41-16-12-19-47(67)55(41)87-32-14-22-52-54(61(83)84)72-64(90-52)76-30-26-40-15-11-18-45(46(40)37-76)58(80)74-63-71-48-20-8-9-21-51(48)89-63/h8-9,11-12,15-16,18-21,24-25,33,38,44,49,57,78H,6-7,10,13-14,17,22-23,26-32,34-37H2,1-5H3,(H,69,81)(H,73,85)(H,83,84)(H,71,74,80)/t44-,49+,57-/m1/s1. The number of aromatic carboxylic acids is 1. The summed E-state index contributed by atoms with van der Waals surface area (Å²) in [5, 5.41) is 30.4. The van der Waals surface area contributed by atoms with E-state index in [-0.39, 0.29) is 62.2 Å². The predicted molar refractivity (Wildman–Crippen MR) is 343 cm³/mol. The number of nitrogens with zero attached hydrogens (tertiary/aromatic N) is 6. The summed E-state index contributed by atoms with van der Waals surface area (Å²) in [5.41, 5.74) is 5.21. The molecule has 476 valence electrons. The molecular formula is C66H75F2N9O10S3. The quantitative estimate of drug-likeness (QED) is 0.0301. The number of β-amino-alcohol motifs (C(OH)–C–C–N with tert-alkyl or cyclic N) is 1. The fourth-order valence-corrected chi connectivity index (χ4v) is 14.1. The van der Waals surface area contributed by atoms with Crippen molar-refractivity contribution in [2.24, 2.45) is 5.41 Å².